The van der Waals surface area contributed by atoms with Gasteiger partial charge in [0.25, 0.3) is 0 Å². The van der Waals surface area contributed by atoms with E-state index in [1.165, 1.54) is 26.6 Å². The minimum atomic E-state index is 0.698. The third-order valence-electron chi connectivity index (χ3n) is 9.95. The summed E-state index contributed by atoms with van der Waals surface area (Å²) in [6, 6.07) is 67.3. The van der Waals surface area contributed by atoms with Gasteiger partial charge in [0.2, 0.25) is 0 Å². The number of fused-ring (bicyclic) bond motifs is 3. The van der Waals surface area contributed by atoms with Crippen molar-refractivity contribution in [3.63, 3.8) is 0 Å². The second kappa shape index (κ2) is 14.0. The molecule has 4 nitrogen and oxygen atoms in total. The summed E-state index contributed by atoms with van der Waals surface area (Å²) in [5, 5.41) is 2.38. The van der Waals surface area contributed by atoms with Gasteiger partial charge in [-0.2, -0.15) is 0 Å². The Labute approximate surface area is 323 Å². The van der Waals surface area contributed by atoms with Crippen LogP contribution in [-0.4, -0.2) is 19.9 Å². The first-order valence-electron chi connectivity index (χ1n) is 18.3. The van der Waals surface area contributed by atoms with Crippen molar-refractivity contribution in [2.75, 3.05) is 0 Å². The van der Waals surface area contributed by atoms with E-state index in [2.05, 4.69) is 158 Å². The highest BCUT2D eigenvalue weighted by Crippen LogP contribution is 2.42. The van der Waals surface area contributed by atoms with Crippen LogP contribution in [0.1, 0.15) is 0 Å². The molecule has 0 bridgehead atoms. The SMILES string of the molecule is c1ccc(-c2ccc(-c3cc(-c4ccc5c(c4)sc4c(-c6nc(-c7ccccc7)cc(-c7ccccc7)n6)cccc45)nc(-c4ccccc4)n3)cc2)cc1. The molecule has 7 aromatic carbocycles. The molecule has 0 aliphatic rings. The lowest BCUT2D eigenvalue weighted by Gasteiger charge is -2.10. The van der Waals surface area contributed by atoms with Gasteiger partial charge < -0.3 is 0 Å². The fourth-order valence-electron chi connectivity index (χ4n) is 7.14. The molecule has 3 aromatic heterocycles. The lowest BCUT2D eigenvalue weighted by atomic mass is 10.0. The van der Waals surface area contributed by atoms with E-state index in [9.17, 15) is 0 Å². The van der Waals surface area contributed by atoms with Crippen LogP contribution in [-0.2, 0) is 0 Å². The molecule has 0 unspecified atom stereocenters. The zero-order valence-electron chi connectivity index (χ0n) is 29.7. The summed E-state index contributed by atoms with van der Waals surface area (Å²) < 4.78 is 2.34. The largest absolute Gasteiger partial charge is 0.228 e. The number of benzene rings is 7. The van der Waals surface area contributed by atoms with Gasteiger partial charge in [-0.1, -0.05) is 170 Å². The number of hydrogen-bond acceptors (Lipinski definition) is 5. The van der Waals surface area contributed by atoms with Gasteiger partial charge >= 0.3 is 0 Å². The second-order valence-corrected chi connectivity index (χ2v) is 14.5. The predicted molar refractivity (Wildman–Crippen MR) is 229 cm³/mol. The maximum Gasteiger partial charge on any atom is 0.161 e. The summed E-state index contributed by atoms with van der Waals surface area (Å²) in [6.45, 7) is 0. The van der Waals surface area contributed by atoms with E-state index in [0.717, 1.165) is 60.9 Å². The number of aromatic nitrogens is 4. The van der Waals surface area contributed by atoms with Gasteiger partial charge in [-0.25, -0.2) is 19.9 Å². The Hall–Kier alpha value is -7.08. The van der Waals surface area contributed by atoms with Crippen LogP contribution in [0.5, 0.6) is 0 Å². The van der Waals surface area contributed by atoms with Crippen LogP contribution in [0.3, 0.4) is 0 Å². The molecule has 0 radical (unpaired) electrons. The molecule has 0 amide bonds. The molecule has 0 saturated carbocycles. The van der Waals surface area contributed by atoms with Crippen LogP contribution >= 0.6 is 11.3 Å². The average molecular weight is 721 g/mol. The van der Waals surface area contributed by atoms with Crippen molar-refractivity contribution >= 4 is 31.5 Å². The summed E-state index contributed by atoms with van der Waals surface area (Å²) >= 11 is 1.77. The highest BCUT2D eigenvalue weighted by molar-refractivity contribution is 7.26. The van der Waals surface area contributed by atoms with Crippen molar-refractivity contribution in [3.05, 3.63) is 194 Å². The number of thiophene rings is 1. The average Bonchev–Trinajstić information content (AvgIpc) is 3.66. The summed E-state index contributed by atoms with van der Waals surface area (Å²) in [7, 11) is 0. The standard InChI is InChI=1S/C50H32N4S/c1-5-14-33(15-6-1)34-24-26-37(27-25-34)45-32-46(52-49(51-45)38-20-11-4-12-21-38)39-28-29-40-41-22-13-23-42(48(41)55-47(40)30-39)50-53-43(35-16-7-2-8-17-35)31-44(54-50)36-18-9-3-10-19-36/h1-32H. The highest BCUT2D eigenvalue weighted by atomic mass is 32.1. The summed E-state index contributed by atoms with van der Waals surface area (Å²) in [4.78, 5) is 20.5. The Kier molecular flexibility index (Phi) is 8.32. The van der Waals surface area contributed by atoms with Crippen molar-refractivity contribution in [2.45, 2.75) is 0 Å². The second-order valence-electron chi connectivity index (χ2n) is 13.5. The first-order chi connectivity index (χ1) is 27.2. The van der Waals surface area contributed by atoms with Crippen molar-refractivity contribution < 1.29 is 0 Å². The third-order valence-corrected chi connectivity index (χ3v) is 11.1. The maximum absolute atomic E-state index is 5.16. The number of hydrogen-bond donors (Lipinski definition) is 0. The molecule has 5 heteroatoms. The molecule has 258 valence electrons. The molecule has 3 heterocycles. The van der Waals surface area contributed by atoms with E-state index in [1.54, 1.807) is 11.3 Å². The lowest BCUT2D eigenvalue weighted by molar-refractivity contribution is 1.18. The minimum absolute atomic E-state index is 0.698. The van der Waals surface area contributed by atoms with E-state index in [-0.39, 0.29) is 0 Å². The first-order valence-corrected chi connectivity index (χ1v) is 19.1. The van der Waals surface area contributed by atoms with Crippen molar-refractivity contribution in [2.24, 2.45) is 0 Å². The number of rotatable bonds is 7. The zero-order chi connectivity index (χ0) is 36.6. The summed E-state index contributed by atoms with van der Waals surface area (Å²) in [6.07, 6.45) is 0. The quantitative estimate of drug-likeness (QED) is 0.164. The molecular weight excluding hydrogens is 689 g/mol. The highest BCUT2D eigenvalue weighted by Gasteiger charge is 2.17. The molecule has 0 aliphatic heterocycles. The molecule has 0 fully saturated rings. The Morgan fingerprint density at radius 1 is 0.291 bits per heavy atom. The van der Waals surface area contributed by atoms with Gasteiger partial charge in [0, 0.05) is 53.6 Å². The van der Waals surface area contributed by atoms with E-state index >= 15 is 0 Å². The summed E-state index contributed by atoms with van der Waals surface area (Å²) in [5.41, 5.74) is 12.1. The molecule has 0 N–H and O–H groups in total. The fraction of sp³-hybridized carbons (Fsp3) is 0. The molecule has 0 saturated heterocycles. The number of nitrogens with zero attached hydrogens (tertiary/aromatic N) is 4. The molecule has 0 atom stereocenters. The van der Waals surface area contributed by atoms with Crippen LogP contribution in [0, 0.1) is 0 Å². The molecular formula is C50H32N4S. The van der Waals surface area contributed by atoms with Crippen molar-refractivity contribution in [1.82, 2.24) is 19.9 Å². The minimum Gasteiger partial charge on any atom is -0.228 e. The van der Waals surface area contributed by atoms with Crippen molar-refractivity contribution in [3.8, 4) is 78.9 Å². The van der Waals surface area contributed by atoms with Crippen LogP contribution in [0.25, 0.3) is 99.1 Å². The van der Waals surface area contributed by atoms with Gasteiger partial charge in [0.15, 0.2) is 11.6 Å². The lowest BCUT2D eigenvalue weighted by Crippen LogP contribution is -1.96. The zero-order valence-corrected chi connectivity index (χ0v) is 30.5. The van der Waals surface area contributed by atoms with Crippen LogP contribution in [0.15, 0.2) is 194 Å². The van der Waals surface area contributed by atoms with Gasteiger partial charge in [0.1, 0.15) is 0 Å². The molecule has 0 aliphatic carbocycles. The smallest absolute Gasteiger partial charge is 0.161 e. The van der Waals surface area contributed by atoms with E-state index in [4.69, 9.17) is 19.9 Å². The maximum atomic E-state index is 5.16. The monoisotopic (exact) mass is 720 g/mol. The normalized spacial score (nSPS) is 11.3. The molecule has 10 rings (SSSR count). The van der Waals surface area contributed by atoms with Crippen molar-refractivity contribution in [1.29, 1.82) is 0 Å². The third kappa shape index (κ3) is 6.37. The van der Waals surface area contributed by atoms with E-state index in [1.807, 2.05) is 36.4 Å². The Morgan fingerprint density at radius 3 is 1.31 bits per heavy atom. The topological polar surface area (TPSA) is 51.6 Å². The summed E-state index contributed by atoms with van der Waals surface area (Å²) in [5.74, 6) is 1.41. The van der Waals surface area contributed by atoms with Gasteiger partial charge in [-0.15, -0.1) is 11.3 Å². The van der Waals surface area contributed by atoms with Gasteiger partial charge in [0.05, 0.1) is 22.8 Å². The molecule has 10 aromatic rings. The Balaban J connectivity index is 1.09. The van der Waals surface area contributed by atoms with Crippen LogP contribution in [0.2, 0.25) is 0 Å². The first kappa shape index (κ1) is 32.6. The van der Waals surface area contributed by atoms with E-state index in [0.29, 0.717) is 11.6 Å². The van der Waals surface area contributed by atoms with Gasteiger partial charge in [-0.3, -0.25) is 0 Å². The van der Waals surface area contributed by atoms with Crippen LogP contribution in [0.4, 0.5) is 0 Å². The van der Waals surface area contributed by atoms with E-state index < -0.39 is 0 Å². The fourth-order valence-corrected chi connectivity index (χ4v) is 8.39. The van der Waals surface area contributed by atoms with Gasteiger partial charge in [-0.05, 0) is 35.4 Å². The molecule has 0 spiro atoms. The molecule has 55 heavy (non-hydrogen) atoms. The van der Waals surface area contributed by atoms with Crippen LogP contribution < -0.4 is 0 Å². The predicted octanol–water partition coefficient (Wildman–Crippen LogP) is 13.3. The Bertz CT molecular complexity index is 2890. The Morgan fingerprint density at radius 2 is 0.727 bits per heavy atom.